The van der Waals surface area contributed by atoms with Gasteiger partial charge in [0.25, 0.3) is 0 Å². The molecule has 0 unspecified atom stereocenters. The lowest BCUT2D eigenvalue weighted by atomic mass is 10.0. The van der Waals surface area contributed by atoms with Crippen LogP contribution >= 0.6 is 11.6 Å². The minimum absolute atomic E-state index is 0.132. The van der Waals surface area contributed by atoms with E-state index in [-0.39, 0.29) is 10.9 Å². The number of halogens is 1. The number of amides is 2. The van der Waals surface area contributed by atoms with Gasteiger partial charge in [-0.2, -0.15) is 0 Å². The molecule has 1 aliphatic rings. The van der Waals surface area contributed by atoms with E-state index >= 15 is 0 Å². The van der Waals surface area contributed by atoms with Crippen molar-refractivity contribution in [3.8, 4) is 0 Å². The van der Waals surface area contributed by atoms with Crippen LogP contribution in [-0.2, 0) is 9.84 Å². The number of sulfone groups is 1. The van der Waals surface area contributed by atoms with E-state index in [0.29, 0.717) is 23.8 Å². The van der Waals surface area contributed by atoms with E-state index in [1.165, 1.54) is 12.1 Å². The predicted octanol–water partition coefficient (Wildman–Crippen LogP) is 1.70. The van der Waals surface area contributed by atoms with Crippen molar-refractivity contribution >= 4 is 33.2 Å². The minimum Gasteiger partial charge on any atom is -0.381 e. The molecule has 0 aromatic heterocycles. The second-order valence-corrected chi connectivity index (χ2v) is 7.58. The second kappa shape index (κ2) is 6.11. The van der Waals surface area contributed by atoms with Gasteiger partial charge in [-0.1, -0.05) is 11.6 Å². The number of carbonyl (C=O) groups is 1. The maximum Gasteiger partial charge on any atom is 0.314 e. The molecule has 1 aliphatic heterocycles. The van der Waals surface area contributed by atoms with Gasteiger partial charge in [0.1, 0.15) is 0 Å². The van der Waals surface area contributed by atoms with Crippen LogP contribution in [0.2, 0.25) is 5.02 Å². The molecule has 1 fully saturated rings. The Hall–Kier alpha value is -1.47. The van der Waals surface area contributed by atoms with Crippen LogP contribution in [0.4, 0.5) is 10.5 Å². The molecule has 2 rings (SSSR count). The van der Waals surface area contributed by atoms with Crippen LogP contribution in [0, 0.1) is 0 Å². The highest BCUT2D eigenvalue weighted by atomic mass is 35.5. The summed E-state index contributed by atoms with van der Waals surface area (Å²) in [7, 11) is -3.27. The average Bonchev–Trinajstić information content (AvgIpc) is 2.40. The third-order valence-electron chi connectivity index (χ3n) is 3.53. The van der Waals surface area contributed by atoms with Crippen LogP contribution in [0.15, 0.2) is 23.1 Å². The number of likely N-dealkylation sites (tertiary alicyclic amines) is 1. The monoisotopic (exact) mass is 331 g/mol. The van der Waals surface area contributed by atoms with Gasteiger partial charge in [0.05, 0.1) is 15.6 Å². The predicted molar refractivity (Wildman–Crippen MR) is 82.4 cm³/mol. The van der Waals surface area contributed by atoms with Crippen LogP contribution < -0.4 is 11.1 Å². The van der Waals surface area contributed by atoms with Crippen LogP contribution in [-0.4, -0.2) is 44.7 Å². The van der Waals surface area contributed by atoms with Crippen molar-refractivity contribution in [2.45, 2.75) is 23.8 Å². The molecular weight excluding hydrogens is 314 g/mol. The Morgan fingerprint density at radius 2 is 2.00 bits per heavy atom. The SMILES string of the molecule is CS(=O)(=O)c1ccc(Cl)c(NC2CCN(C(N)=O)CC2)c1. The molecule has 8 heteroatoms. The Kier molecular flexibility index (Phi) is 4.63. The number of benzene rings is 1. The number of rotatable bonds is 3. The summed E-state index contributed by atoms with van der Waals surface area (Å²) in [5.41, 5.74) is 5.83. The fourth-order valence-corrected chi connectivity index (χ4v) is 3.13. The maximum absolute atomic E-state index is 11.6. The van der Waals surface area contributed by atoms with E-state index in [9.17, 15) is 13.2 Å². The lowest BCUT2D eigenvalue weighted by Gasteiger charge is -2.32. The number of nitrogens with zero attached hydrogens (tertiary/aromatic N) is 1. The summed E-state index contributed by atoms with van der Waals surface area (Å²) in [6.45, 7) is 1.16. The highest BCUT2D eigenvalue weighted by Crippen LogP contribution is 2.27. The van der Waals surface area contributed by atoms with Crippen molar-refractivity contribution in [1.29, 1.82) is 0 Å². The van der Waals surface area contributed by atoms with Crippen molar-refractivity contribution in [2.75, 3.05) is 24.7 Å². The largest absolute Gasteiger partial charge is 0.381 e. The number of hydrogen-bond donors (Lipinski definition) is 2. The van der Waals surface area contributed by atoms with Crippen molar-refractivity contribution < 1.29 is 13.2 Å². The fraction of sp³-hybridized carbons (Fsp3) is 0.462. The van der Waals surface area contributed by atoms with Crippen molar-refractivity contribution in [2.24, 2.45) is 5.73 Å². The van der Waals surface area contributed by atoms with E-state index in [2.05, 4.69) is 5.32 Å². The summed E-state index contributed by atoms with van der Waals surface area (Å²) >= 11 is 6.10. The Morgan fingerprint density at radius 3 is 2.52 bits per heavy atom. The Bertz CT molecular complexity index is 640. The Morgan fingerprint density at radius 1 is 1.38 bits per heavy atom. The van der Waals surface area contributed by atoms with Crippen LogP contribution in [0.1, 0.15) is 12.8 Å². The lowest BCUT2D eigenvalue weighted by molar-refractivity contribution is 0.193. The number of primary amides is 1. The first-order chi connectivity index (χ1) is 9.77. The van der Waals surface area contributed by atoms with Gasteiger partial charge in [0, 0.05) is 25.4 Å². The standard InChI is InChI=1S/C13H18ClN3O3S/c1-21(19,20)10-2-3-11(14)12(8-10)16-9-4-6-17(7-5-9)13(15)18/h2-3,8-9,16H,4-7H2,1H3,(H2,15,18). The number of urea groups is 1. The van der Waals surface area contributed by atoms with E-state index in [1.54, 1.807) is 11.0 Å². The van der Waals surface area contributed by atoms with E-state index < -0.39 is 15.9 Å². The summed E-state index contributed by atoms with van der Waals surface area (Å²) < 4.78 is 23.2. The van der Waals surface area contributed by atoms with Crippen molar-refractivity contribution in [3.05, 3.63) is 23.2 Å². The maximum atomic E-state index is 11.6. The fourth-order valence-electron chi connectivity index (χ4n) is 2.31. The van der Waals surface area contributed by atoms with Gasteiger partial charge >= 0.3 is 6.03 Å². The van der Waals surface area contributed by atoms with Gasteiger partial charge in [-0.15, -0.1) is 0 Å². The molecule has 3 N–H and O–H groups in total. The smallest absolute Gasteiger partial charge is 0.314 e. The molecule has 0 radical (unpaired) electrons. The molecule has 116 valence electrons. The first-order valence-corrected chi connectivity index (χ1v) is 8.85. The molecule has 2 amide bonds. The number of anilines is 1. The van der Waals surface area contributed by atoms with Gasteiger partial charge in [-0.25, -0.2) is 13.2 Å². The molecule has 0 spiro atoms. The zero-order chi connectivity index (χ0) is 15.6. The van der Waals surface area contributed by atoms with E-state index in [0.717, 1.165) is 19.1 Å². The number of piperidine rings is 1. The van der Waals surface area contributed by atoms with Crippen LogP contribution in [0.25, 0.3) is 0 Å². The Balaban J connectivity index is 2.09. The molecule has 1 saturated heterocycles. The lowest BCUT2D eigenvalue weighted by Crippen LogP contribution is -2.44. The summed E-state index contributed by atoms with van der Waals surface area (Å²) in [4.78, 5) is 12.9. The highest BCUT2D eigenvalue weighted by Gasteiger charge is 2.22. The molecule has 0 bridgehead atoms. The quantitative estimate of drug-likeness (QED) is 0.881. The van der Waals surface area contributed by atoms with Crippen LogP contribution in [0.3, 0.4) is 0 Å². The average molecular weight is 332 g/mol. The summed E-state index contributed by atoms with van der Waals surface area (Å²) in [5.74, 6) is 0. The summed E-state index contributed by atoms with van der Waals surface area (Å²) in [6, 6.07) is 4.31. The number of hydrogen-bond acceptors (Lipinski definition) is 4. The van der Waals surface area contributed by atoms with Gasteiger partial charge < -0.3 is 16.0 Å². The van der Waals surface area contributed by atoms with Gasteiger partial charge in [0.2, 0.25) is 0 Å². The van der Waals surface area contributed by atoms with Crippen molar-refractivity contribution in [3.63, 3.8) is 0 Å². The molecule has 0 atom stereocenters. The normalized spacial score (nSPS) is 16.8. The molecular formula is C13H18ClN3O3S. The molecule has 0 saturated carbocycles. The topological polar surface area (TPSA) is 92.5 Å². The zero-order valence-corrected chi connectivity index (χ0v) is 13.2. The first kappa shape index (κ1) is 15.9. The minimum atomic E-state index is -3.27. The molecule has 0 aliphatic carbocycles. The van der Waals surface area contributed by atoms with Gasteiger partial charge in [-0.3, -0.25) is 0 Å². The van der Waals surface area contributed by atoms with Gasteiger partial charge in [-0.05, 0) is 31.0 Å². The van der Waals surface area contributed by atoms with Crippen LogP contribution in [0.5, 0.6) is 0 Å². The summed E-state index contributed by atoms with van der Waals surface area (Å²) in [6.07, 6.45) is 2.64. The molecule has 1 heterocycles. The molecule has 21 heavy (non-hydrogen) atoms. The zero-order valence-electron chi connectivity index (χ0n) is 11.7. The molecule has 6 nitrogen and oxygen atoms in total. The number of nitrogens with two attached hydrogens (primary N) is 1. The first-order valence-electron chi connectivity index (χ1n) is 6.58. The van der Waals surface area contributed by atoms with E-state index in [1.807, 2.05) is 0 Å². The second-order valence-electron chi connectivity index (χ2n) is 5.16. The molecule has 1 aromatic carbocycles. The summed E-state index contributed by atoms with van der Waals surface area (Å²) in [5, 5.41) is 3.72. The highest BCUT2D eigenvalue weighted by molar-refractivity contribution is 7.90. The van der Waals surface area contributed by atoms with Gasteiger partial charge in [0.15, 0.2) is 9.84 Å². The molecule has 1 aromatic rings. The number of nitrogens with one attached hydrogen (secondary N) is 1. The van der Waals surface area contributed by atoms with E-state index in [4.69, 9.17) is 17.3 Å². The third kappa shape index (κ3) is 4.01. The van der Waals surface area contributed by atoms with Crippen molar-refractivity contribution in [1.82, 2.24) is 4.90 Å². The third-order valence-corrected chi connectivity index (χ3v) is 4.97. The number of carbonyl (C=O) groups excluding carboxylic acids is 1. The Labute approximate surface area is 129 Å².